The van der Waals surface area contributed by atoms with Gasteiger partial charge in [-0.1, -0.05) is 18.2 Å². The van der Waals surface area contributed by atoms with E-state index in [-0.39, 0.29) is 40.6 Å². The number of carbonyl (C=O) groups excluding carboxylic acids is 1. The van der Waals surface area contributed by atoms with Gasteiger partial charge >= 0.3 is 0 Å². The van der Waals surface area contributed by atoms with E-state index >= 15 is 0 Å². The van der Waals surface area contributed by atoms with E-state index in [4.69, 9.17) is 4.74 Å². The van der Waals surface area contributed by atoms with E-state index in [0.717, 1.165) is 0 Å². The molecule has 0 aliphatic heterocycles. The molecule has 0 saturated carbocycles. The van der Waals surface area contributed by atoms with Gasteiger partial charge in [-0.2, -0.15) is 0 Å². The zero-order valence-electron chi connectivity index (χ0n) is 16.0. The third kappa shape index (κ3) is 6.54. The van der Waals surface area contributed by atoms with E-state index in [1.54, 1.807) is 18.2 Å². The van der Waals surface area contributed by atoms with Gasteiger partial charge in [0.15, 0.2) is 9.84 Å². The topological polar surface area (TPSA) is 128 Å². The van der Waals surface area contributed by atoms with Crippen molar-refractivity contribution in [2.45, 2.75) is 11.3 Å². The summed E-state index contributed by atoms with van der Waals surface area (Å²) in [4.78, 5) is 23.2. The Labute approximate surface area is 169 Å². The van der Waals surface area contributed by atoms with E-state index < -0.39 is 20.7 Å². The molecule has 0 unspecified atom stereocenters. The molecule has 0 aliphatic carbocycles. The van der Waals surface area contributed by atoms with Crippen LogP contribution in [0.15, 0.2) is 53.4 Å². The smallest absolute Gasteiger partial charge is 0.293 e. The van der Waals surface area contributed by atoms with Gasteiger partial charge in [0.25, 0.3) is 11.6 Å². The van der Waals surface area contributed by atoms with Crippen LogP contribution in [0.2, 0.25) is 0 Å². The minimum atomic E-state index is -3.42. The number of rotatable bonds is 11. The molecule has 9 nitrogen and oxygen atoms in total. The summed E-state index contributed by atoms with van der Waals surface area (Å²) in [6, 6.07) is 12.2. The van der Waals surface area contributed by atoms with Crippen molar-refractivity contribution in [2.24, 2.45) is 0 Å². The lowest BCUT2D eigenvalue weighted by molar-refractivity contribution is -0.384. The van der Waals surface area contributed by atoms with Crippen LogP contribution in [0.4, 0.5) is 11.4 Å². The highest BCUT2D eigenvalue weighted by molar-refractivity contribution is 7.91. The van der Waals surface area contributed by atoms with Gasteiger partial charge in [-0.05, 0) is 30.7 Å². The maximum absolute atomic E-state index is 12.3. The van der Waals surface area contributed by atoms with Crippen LogP contribution in [0.5, 0.6) is 0 Å². The fraction of sp³-hybridized carbons (Fsp3) is 0.316. The molecular formula is C19H23N3O6S. The number of carbonyl (C=O) groups is 1. The molecule has 2 aromatic rings. The number of benzene rings is 2. The summed E-state index contributed by atoms with van der Waals surface area (Å²) in [5, 5.41) is 16.7. The summed E-state index contributed by atoms with van der Waals surface area (Å²) < 4.78 is 29.3. The largest absolute Gasteiger partial charge is 0.383 e. The molecule has 0 bridgehead atoms. The highest BCUT2D eigenvalue weighted by Gasteiger charge is 2.18. The van der Waals surface area contributed by atoms with Gasteiger partial charge in [0.2, 0.25) is 0 Å². The second-order valence-electron chi connectivity index (χ2n) is 6.15. The highest BCUT2D eigenvalue weighted by atomic mass is 32.2. The summed E-state index contributed by atoms with van der Waals surface area (Å²) >= 11 is 0. The minimum absolute atomic E-state index is 0.111. The van der Waals surface area contributed by atoms with Crippen LogP contribution in [0.1, 0.15) is 16.8 Å². The third-order valence-corrected chi connectivity index (χ3v) is 5.87. The Hall–Kier alpha value is -2.98. The fourth-order valence-corrected chi connectivity index (χ4v) is 3.90. The van der Waals surface area contributed by atoms with Crippen LogP contribution in [0, 0.1) is 10.1 Å². The molecule has 156 valence electrons. The first-order valence-electron chi connectivity index (χ1n) is 8.92. The van der Waals surface area contributed by atoms with Crippen molar-refractivity contribution in [2.75, 3.05) is 37.9 Å². The number of nitrogens with zero attached hydrogens (tertiary/aromatic N) is 1. The Morgan fingerprint density at radius 1 is 1.14 bits per heavy atom. The van der Waals surface area contributed by atoms with E-state index in [1.807, 2.05) is 0 Å². The number of hydrogen-bond acceptors (Lipinski definition) is 7. The fourth-order valence-electron chi connectivity index (χ4n) is 2.57. The predicted molar refractivity (Wildman–Crippen MR) is 109 cm³/mol. The Bertz CT molecular complexity index is 948. The van der Waals surface area contributed by atoms with Gasteiger partial charge in [0.1, 0.15) is 5.69 Å². The molecule has 2 rings (SSSR count). The maximum atomic E-state index is 12.3. The van der Waals surface area contributed by atoms with Gasteiger partial charge in [0.05, 0.1) is 22.2 Å². The lowest BCUT2D eigenvalue weighted by Crippen LogP contribution is -2.26. The van der Waals surface area contributed by atoms with Crippen molar-refractivity contribution in [3.63, 3.8) is 0 Å². The zero-order valence-corrected chi connectivity index (χ0v) is 16.8. The van der Waals surface area contributed by atoms with Gasteiger partial charge in [-0.3, -0.25) is 14.9 Å². The van der Waals surface area contributed by atoms with Crippen LogP contribution in [-0.4, -0.2) is 51.8 Å². The molecule has 0 radical (unpaired) electrons. The van der Waals surface area contributed by atoms with Crippen LogP contribution in [0.25, 0.3) is 0 Å². The molecule has 0 spiro atoms. The molecular weight excluding hydrogens is 398 g/mol. The monoisotopic (exact) mass is 421 g/mol. The molecule has 0 atom stereocenters. The molecule has 0 aromatic heterocycles. The van der Waals surface area contributed by atoms with Crippen LogP contribution >= 0.6 is 0 Å². The SMILES string of the molecule is COCCNc1ccc(C(=O)NCCCS(=O)(=O)c2ccccc2)cc1[N+](=O)[O-]. The number of nitro benzene ring substituents is 1. The number of anilines is 1. The molecule has 29 heavy (non-hydrogen) atoms. The van der Waals surface area contributed by atoms with E-state index in [2.05, 4.69) is 10.6 Å². The van der Waals surface area contributed by atoms with Crippen molar-refractivity contribution < 1.29 is 22.9 Å². The highest BCUT2D eigenvalue weighted by Crippen LogP contribution is 2.25. The number of nitrogens with one attached hydrogen (secondary N) is 2. The van der Waals surface area contributed by atoms with E-state index in [1.165, 1.54) is 37.4 Å². The first-order valence-corrected chi connectivity index (χ1v) is 10.6. The van der Waals surface area contributed by atoms with E-state index in [9.17, 15) is 23.3 Å². The quantitative estimate of drug-likeness (QED) is 0.323. The summed E-state index contributed by atoms with van der Waals surface area (Å²) in [5.41, 5.74) is 0.192. The first-order chi connectivity index (χ1) is 13.8. The molecule has 10 heteroatoms. The molecule has 0 fully saturated rings. The predicted octanol–water partition coefficient (Wildman–Crippen LogP) is 2.25. The first kappa shape index (κ1) is 22.3. The Balaban J connectivity index is 1.93. The second kappa shape index (κ2) is 10.5. The maximum Gasteiger partial charge on any atom is 0.293 e. The summed E-state index contributed by atoms with van der Waals surface area (Å²) in [7, 11) is -1.89. The lowest BCUT2D eigenvalue weighted by Gasteiger charge is -2.09. The standard InChI is InChI=1S/C19H23N3O6S/c1-28-12-11-20-17-9-8-15(14-18(17)22(24)25)19(23)21-10-5-13-29(26,27)16-6-3-2-4-7-16/h2-4,6-9,14,20H,5,10-13H2,1H3,(H,21,23). The number of ether oxygens (including phenoxy) is 1. The van der Waals surface area contributed by atoms with E-state index in [0.29, 0.717) is 13.2 Å². The molecule has 2 N–H and O–H groups in total. The molecule has 0 aliphatic rings. The van der Waals surface area contributed by atoms with Crippen molar-refractivity contribution in [3.8, 4) is 0 Å². The average molecular weight is 421 g/mol. The summed E-state index contributed by atoms with van der Waals surface area (Å²) in [5.74, 6) is -0.617. The molecule has 2 aromatic carbocycles. The van der Waals surface area contributed by atoms with Crippen molar-refractivity contribution in [1.82, 2.24) is 5.32 Å². The number of sulfone groups is 1. The van der Waals surface area contributed by atoms with Crippen LogP contribution in [-0.2, 0) is 14.6 Å². The summed E-state index contributed by atoms with van der Waals surface area (Å²) in [6.45, 7) is 0.899. The van der Waals surface area contributed by atoms with Crippen molar-refractivity contribution in [1.29, 1.82) is 0 Å². The number of nitro groups is 1. The molecule has 0 heterocycles. The summed E-state index contributed by atoms with van der Waals surface area (Å²) in [6.07, 6.45) is 0.224. The Morgan fingerprint density at radius 3 is 2.52 bits per heavy atom. The Kier molecular flexibility index (Phi) is 8.10. The number of amides is 1. The number of methoxy groups -OCH3 is 1. The normalized spacial score (nSPS) is 11.1. The Morgan fingerprint density at radius 2 is 1.86 bits per heavy atom. The van der Waals surface area contributed by atoms with Gasteiger partial charge in [-0.25, -0.2) is 8.42 Å². The van der Waals surface area contributed by atoms with Gasteiger partial charge in [-0.15, -0.1) is 0 Å². The van der Waals surface area contributed by atoms with Crippen molar-refractivity contribution in [3.05, 3.63) is 64.2 Å². The molecule has 0 saturated heterocycles. The lowest BCUT2D eigenvalue weighted by atomic mass is 10.1. The van der Waals surface area contributed by atoms with Crippen molar-refractivity contribution >= 4 is 27.1 Å². The minimum Gasteiger partial charge on any atom is -0.383 e. The van der Waals surface area contributed by atoms with Crippen LogP contribution < -0.4 is 10.6 Å². The molecule has 1 amide bonds. The zero-order chi connectivity index (χ0) is 21.3. The van der Waals surface area contributed by atoms with Gasteiger partial charge in [0, 0.05) is 31.8 Å². The average Bonchev–Trinajstić information content (AvgIpc) is 2.72. The third-order valence-electron chi connectivity index (χ3n) is 4.06. The second-order valence-corrected chi connectivity index (χ2v) is 8.26. The van der Waals surface area contributed by atoms with Crippen LogP contribution in [0.3, 0.4) is 0 Å². The van der Waals surface area contributed by atoms with Gasteiger partial charge < -0.3 is 15.4 Å². The number of hydrogen-bond donors (Lipinski definition) is 2.